The van der Waals surface area contributed by atoms with E-state index in [9.17, 15) is 31.2 Å². The molecule has 13 heteroatoms. The number of piperidine rings is 1. The lowest BCUT2D eigenvalue weighted by molar-refractivity contribution is -0.142. The molecule has 0 bridgehead atoms. The molecule has 0 radical (unpaired) electrons. The quantitative estimate of drug-likeness (QED) is 0.550. The number of alkyl halides is 3. The van der Waals surface area contributed by atoms with Crippen LogP contribution in [0.25, 0.3) is 0 Å². The molecule has 4 rings (SSSR count). The van der Waals surface area contributed by atoms with Crippen LogP contribution < -0.4 is 9.04 Å². The zero-order valence-electron chi connectivity index (χ0n) is 19.3. The Morgan fingerprint density at radius 1 is 1.17 bits per heavy atom. The lowest BCUT2D eigenvalue weighted by Gasteiger charge is -2.35. The van der Waals surface area contributed by atoms with E-state index in [1.165, 1.54) is 19.4 Å². The molecule has 9 nitrogen and oxygen atoms in total. The second-order valence-corrected chi connectivity index (χ2v) is 10.3. The van der Waals surface area contributed by atoms with Gasteiger partial charge in [-0.15, -0.1) is 0 Å². The van der Waals surface area contributed by atoms with Crippen molar-refractivity contribution in [2.45, 2.75) is 42.8 Å². The van der Waals surface area contributed by atoms with Gasteiger partial charge in [-0.05, 0) is 49.6 Å². The SMILES string of the molecule is COC(=O)CC1CCCCN1C(=O)c1cnc2c(c1)N(S(=O)(=O)c1ccc(C(F)(F)F)cc1)CCO2. The van der Waals surface area contributed by atoms with Crippen molar-refractivity contribution in [3.63, 3.8) is 0 Å². The molecule has 1 saturated heterocycles. The molecule has 0 aliphatic carbocycles. The van der Waals surface area contributed by atoms with Crippen molar-refractivity contribution < 1.29 is 40.7 Å². The Labute approximate surface area is 205 Å². The molecule has 2 aliphatic rings. The van der Waals surface area contributed by atoms with E-state index in [1.807, 2.05) is 0 Å². The number of halogens is 3. The number of carbonyl (C=O) groups excluding carboxylic acids is 2. The summed E-state index contributed by atoms with van der Waals surface area (Å²) in [7, 11) is -3.00. The fourth-order valence-electron chi connectivity index (χ4n) is 4.31. The van der Waals surface area contributed by atoms with E-state index >= 15 is 0 Å². The van der Waals surface area contributed by atoms with Gasteiger partial charge in [0.15, 0.2) is 0 Å². The highest BCUT2D eigenvalue weighted by atomic mass is 32.2. The van der Waals surface area contributed by atoms with Crippen LogP contribution in [0.2, 0.25) is 0 Å². The lowest BCUT2D eigenvalue weighted by atomic mass is 9.98. The van der Waals surface area contributed by atoms with Gasteiger partial charge in [0.25, 0.3) is 15.9 Å². The van der Waals surface area contributed by atoms with E-state index in [2.05, 4.69) is 4.98 Å². The van der Waals surface area contributed by atoms with Crippen molar-refractivity contribution in [3.05, 3.63) is 47.7 Å². The smallest absolute Gasteiger partial charge is 0.416 e. The first-order chi connectivity index (χ1) is 17.0. The fraction of sp³-hybridized carbons (Fsp3) is 0.435. The number of sulfonamides is 1. The molecule has 2 aromatic rings. The van der Waals surface area contributed by atoms with Gasteiger partial charge in [-0.1, -0.05) is 0 Å². The molecule has 36 heavy (non-hydrogen) atoms. The maximum absolute atomic E-state index is 13.3. The summed E-state index contributed by atoms with van der Waals surface area (Å²) in [6.07, 6.45) is -1.07. The molecular formula is C23H24F3N3O6S. The maximum atomic E-state index is 13.3. The largest absolute Gasteiger partial charge is 0.474 e. The summed E-state index contributed by atoms with van der Waals surface area (Å²) in [6, 6.07) is 4.16. The zero-order chi connectivity index (χ0) is 26.1. The molecule has 1 aromatic heterocycles. The minimum absolute atomic E-state index is 0.00789. The predicted molar refractivity (Wildman–Crippen MR) is 121 cm³/mol. The van der Waals surface area contributed by atoms with E-state index in [4.69, 9.17) is 9.47 Å². The standard InChI is InChI=1S/C23H24F3N3O6S/c1-34-20(30)13-17-4-2-3-9-28(17)22(31)15-12-19-21(27-14-15)35-11-10-29(19)36(32,33)18-7-5-16(6-8-18)23(24,25)26/h5-8,12,14,17H,2-4,9-11,13H2,1H3. The average Bonchev–Trinajstić information content (AvgIpc) is 2.87. The number of hydrogen-bond donors (Lipinski definition) is 0. The number of nitrogens with zero attached hydrogens (tertiary/aromatic N) is 3. The fourth-order valence-corrected chi connectivity index (χ4v) is 5.75. The van der Waals surface area contributed by atoms with Crippen LogP contribution in [-0.4, -0.2) is 63.0 Å². The number of amides is 1. The second kappa shape index (κ2) is 9.96. The highest BCUT2D eigenvalue weighted by molar-refractivity contribution is 7.92. The number of rotatable bonds is 5. The molecule has 1 atom stereocenters. The lowest BCUT2D eigenvalue weighted by Crippen LogP contribution is -2.45. The number of likely N-dealkylation sites (tertiary alicyclic amines) is 1. The number of benzene rings is 1. The van der Waals surface area contributed by atoms with Crippen LogP contribution in [0.5, 0.6) is 5.88 Å². The highest BCUT2D eigenvalue weighted by Gasteiger charge is 2.35. The number of pyridine rings is 1. The predicted octanol–water partition coefficient (Wildman–Crippen LogP) is 3.25. The first-order valence-corrected chi connectivity index (χ1v) is 12.7. The number of fused-ring (bicyclic) bond motifs is 1. The molecule has 1 fully saturated rings. The van der Waals surface area contributed by atoms with Crippen LogP contribution in [0, 0.1) is 0 Å². The molecule has 0 spiro atoms. The minimum atomic E-state index is -4.60. The van der Waals surface area contributed by atoms with Gasteiger partial charge in [0.05, 0.1) is 36.1 Å². The monoisotopic (exact) mass is 527 g/mol. The third-order valence-electron chi connectivity index (χ3n) is 6.17. The van der Waals surface area contributed by atoms with Gasteiger partial charge >= 0.3 is 12.1 Å². The van der Waals surface area contributed by atoms with E-state index in [0.717, 1.165) is 29.3 Å². The van der Waals surface area contributed by atoms with Gasteiger partial charge in [0.2, 0.25) is 5.88 Å². The number of anilines is 1. The molecular weight excluding hydrogens is 503 g/mol. The van der Waals surface area contributed by atoms with Crippen molar-refractivity contribution in [3.8, 4) is 5.88 Å². The number of carbonyl (C=O) groups is 2. The number of esters is 1. The molecule has 3 heterocycles. The van der Waals surface area contributed by atoms with Crippen molar-refractivity contribution >= 4 is 27.6 Å². The van der Waals surface area contributed by atoms with Crippen LogP contribution in [0.4, 0.5) is 18.9 Å². The van der Waals surface area contributed by atoms with Gasteiger partial charge in [0.1, 0.15) is 12.3 Å². The summed E-state index contributed by atoms with van der Waals surface area (Å²) < 4.78 is 76.5. The third kappa shape index (κ3) is 5.11. The molecule has 2 aliphatic heterocycles. The van der Waals surface area contributed by atoms with Crippen molar-refractivity contribution in [1.29, 1.82) is 0 Å². The Balaban J connectivity index is 1.65. The minimum Gasteiger partial charge on any atom is -0.474 e. The Hall–Kier alpha value is -3.35. The zero-order valence-corrected chi connectivity index (χ0v) is 20.1. The normalized spacial score (nSPS) is 18.3. The Morgan fingerprint density at radius 3 is 2.56 bits per heavy atom. The van der Waals surface area contributed by atoms with Crippen LogP contribution >= 0.6 is 0 Å². The summed E-state index contributed by atoms with van der Waals surface area (Å²) in [4.78, 5) is 30.5. The first kappa shape index (κ1) is 25.7. The van der Waals surface area contributed by atoms with Crippen LogP contribution in [0.1, 0.15) is 41.6 Å². The van der Waals surface area contributed by atoms with Crippen molar-refractivity contribution in [2.24, 2.45) is 0 Å². The topological polar surface area (TPSA) is 106 Å². The van der Waals surface area contributed by atoms with Crippen LogP contribution in [0.15, 0.2) is 41.4 Å². The van der Waals surface area contributed by atoms with E-state index in [0.29, 0.717) is 25.1 Å². The molecule has 1 aromatic carbocycles. The third-order valence-corrected chi connectivity index (χ3v) is 8.00. The Kier molecular flexibility index (Phi) is 7.12. The summed E-state index contributed by atoms with van der Waals surface area (Å²) >= 11 is 0. The van der Waals surface area contributed by atoms with Crippen molar-refractivity contribution in [2.75, 3.05) is 31.1 Å². The number of aromatic nitrogens is 1. The van der Waals surface area contributed by atoms with Crippen molar-refractivity contribution in [1.82, 2.24) is 9.88 Å². The first-order valence-electron chi connectivity index (χ1n) is 11.2. The molecule has 194 valence electrons. The highest BCUT2D eigenvalue weighted by Crippen LogP contribution is 2.36. The molecule has 0 N–H and O–H groups in total. The van der Waals surface area contributed by atoms with Gasteiger partial charge in [-0.3, -0.25) is 13.9 Å². The maximum Gasteiger partial charge on any atom is 0.416 e. The molecule has 1 unspecified atom stereocenters. The summed E-state index contributed by atoms with van der Waals surface area (Å²) in [6.45, 7) is 0.270. The summed E-state index contributed by atoms with van der Waals surface area (Å²) in [5.41, 5.74) is -0.862. The Bertz CT molecular complexity index is 1250. The second-order valence-electron chi connectivity index (χ2n) is 8.42. The number of hydrogen-bond acceptors (Lipinski definition) is 7. The summed E-state index contributed by atoms with van der Waals surface area (Å²) in [5, 5.41) is 0. The average molecular weight is 528 g/mol. The van der Waals surface area contributed by atoms with E-state index in [-0.39, 0.29) is 47.6 Å². The Morgan fingerprint density at radius 2 is 1.89 bits per heavy atom. The van der Waals surface area contributed by atoms with Gasteiger partial charge in [-0.25, -0.2) is 13.4 Å². The van der Waals surface area contributed by atoms with Gasteiger partial charge < -0.3 is 14.4 Å². The molecule has 1 amide bonds. The molecule has 0 saturated carbocycles. The van der Waals surface area contributed by atoms with E-state index < -0.39 is 33.6 Å². The number of ether oxygens (including phenoxy) is 2. The number of methoxy groups -OCH3 is 1. The van der Waals surface area contributed by atoms with Crippen LogP contribution in [0.3, 0.4) is 0 Å². The van der Waals surface area contributed by atoms with Gasteiger partial charge in [0, 0.05) is 18.8 Å². The van der Waals surface area contributed by atoms with Gasteiger partial charge in [-0.2, -0.15) is 13.2 Å². The van der Waals surface area contributed by atoms with Crippen LogP contribution in [-0.2, 0) is 25.7 Å². The van der Waals surface area contributed by atoms with E-state index in [1.54, 1.807) is 4.90 Å². The summed E-state index contributed by atoms with van der Waals surface area (Å²) in [5.74, 6) is -0.875.